The van der Waals surface area contributed by atoms with Gasteiger partial charge in [-0.3, -0.25) is 4.79 Å². The average Bonchev–Trinajstić information content (AvgIpc) is 3.14. The lowest BCUT2D eigenvalue weighted by molar-refractivity contribution is -0.103. The molecule has 0 unspecified atom stereocenters. The normalized spacial score (nSPS) is 44.2. The van der Waals surface area contributed by atoms with Crippen LogP contribution >= 0.6 is 0 Å². The van der Waals surface area contributed by atoms with Crippen LogP contribution in [0.3, 0.4) is 0 Å². The fourth-order valence-electron chi connectivity index (χ4n) is 9.15. The van der Waals surface area contributed by atoms with E-state index in [2.05, 4.69) is 20.8 Å². The molecule has 176 valence electrons. The van der Waals surface area contributed by atoms with Crippen molar-refractivity contribution in [1.29, 1.82) is 0 Å². The fraction of sp³-hybridized carbons (Fsp3) is 0.759. The van der Waals surface area contributed by atoms with Crippen LogP contribution in [0.25, 0.3) is 0 Å². The van der Waals surface area contributed by atoms with E-state index >= 15 is 0 Å². The number of rotatable bonds is 3. The summed E-state index contributed by atoms with van der Waals surface area (Å²) in [4.78, 5) is 15.2. The van der Waals surface area contributed by atoms with Crippen LogP contribution in [0, 0.1) is 40.9 Å². The highest BCUT2D eigenvalue weighted by atomic mass is 16.3. The van der Waals surface area contributed by atoms with Crippen molar-refractivity contribution in [3.63, 3.8) is 0 Å². The van der Waals surface area contributed by atoms with Gasteiger partial charge in [0.25, 0.3) is 5.91 Å². The molecule has 3 nitrogen and oxygen atoms in total. The first-order valence-corrected chi connectivity index (χ1v) is 13.3. The number of carbonyl (C=O) groups is 1. The van der Waals surface area contributed by atoms with Crippen molar-refractivity contribution in [1.82, 2.24) is 4.90 Å². The van der Waals surface area contributed by atoms with Gasteiger partial charge in [0.2, 0.25) is 0 Å². The highest BCUT2D eigenvalue weighted by Crippen LogP contribution is 2.65. The van der Waals surface area contributed by atoms with Gasteiger partial charge < -0.3 is 10.0 Å². The molecule has 0 bridgehead atoms. The van der Waals surface area contributed by atoms with Crippen LogP contribution < -0.4 is 0 Å². The lowest BCUT2D eigenvalue weighted by Gasteiger charge is -2.57. The minimum absolute atomic E-state index is 0.161. The van der Waals surface area contributed by atoms with Gasteiger partial charge in [-0.05, 0) is 125 Å². The number of aliphatic hydroxyl groups is 1. The second-order valence-corrected chi connectivity index (χ2v) is 12.4. The van der Waals surface area contributed by atoms with E-state index in [-0.39, 0.29) is 11.9 Å². The topological polar surface area (TPSA) is 40.5 Å². The summed E-state index contributed by atoms with van der Waals surface area (Å²) in [6, 6.07) is 10.0. The molecule has 4 aliphatic carbocycles. The summed E-state index contributed by atoms with van der Waals surface area (Å²) >= 11 is 0. The van der Waals surface area contributed by atoms with Gasteiger partial charge in [-0.25, -0.2) is 0 Å². The number of hydrogen-bond acceptors (Lipinski definition) is 2. The summed E-state index contributed by atoms with van der Waals surface area (Å²) in [6.07, 6.45) is 11.2. The van der Waals surface area contributed by atoms with Gasteiger partial charge in [0, 0.05) is 18.7 Å². The Balaban J connectivity index is 1.31. The molecule has 0 spiro atoms. The minimum Gasteiger partial charge on any atom is -0.390 e. The maximum atomic E-state index is 13.2. The van der Waals surface area contributed by atoms with Crippen LogP contribution in [-0.4, -0.2) is 34.6 Å². The summed E-state index contributed by atoms with van der Waals surface area (Å²) in [6.45, 7) is 6.93. The fourth-order valence-corrected chi connectivity index (χ4v) is 9.15. The zero-order chi connectivity index (χ0) is 22.7. The maximum absolute atomic E-state index is 13.2. The molecule has 9 atom stereocenters. The SMILES string of the molecule is C[C@H]([C@H]1CC[C@H]2[C@@H]3CC[C@@H]4C[C@](C)(O)CC[C@@H]4[C@H]3CC[C@]12C)N(C)C(=O)c1ccccc1. The molecule has 32 heavy (non-hydrogen) atoms. The van der Waals surface area contributed by atoms with E-state index in [4.69, 9.17) is 0 Å². The van der Waals surface area contributed by atoms with Gasteiger partial charge in [0.05, 0.1) is 5.60 Å². The predicted octanol–water partition coefficient (Wildman–Crippen LogP) is 6.17. The van der Waals surface area contributed by atoms with Crippen LogP contribution in [0.4, 0.5) is 0 Å². The summed E-state index contributed by atoms with van der Waals surface area (Å²) in [5.41, 5.74) is 0.733. The Hall–Kier alpha value is -1.35. The molecule has 3 heteroatoms. The second kappa shape index (κ2) is 8.15. The highest BCUT2D eigenvalue weighted by molar-refractivity contribution is 5.94. The van der Waals surface area contributed by atoms with Gasteiger partial charge in [0.15, 0.2) is 0 Å². The lowest BCUT2D eigenvalue weighted by atomic mass is 9.48. The molecule has 0 saturated heterocycles. The average molecular weight is 438 g/mol. The predicted molar refractivity (Wildman–Crippen MR) is 129 cm³/mol. The van der Waals surface area contributed by atoms with Crippen molar-refractivity contribution >= 4 is 5.91 Å². The number of hydrogen-bond donors (Lipinski definition) is 1. The van der Waals surface area contributed by atoms with Crippen molar-refractivity contribution in [2.45, 2.75) is 90.2 Å². The first kappa shape index (κ1) is 22.4. The quantitative estimate of drug-likeness (QED) is 0.614. The largest absolute Gasteiger partial charge is 0.390 e. The molecule has 4 aliphatic rings. The Kier molecular flexibility index (Phi) is 5.72. The van der Waals surface area contributed by atoms with Crippen molar-refractivity contribution in [3.05, 3.63) is 35.9 Å². The first-order chi connectivity index (χ1) is 15.2. The third-order valence-corrected chi connectivity index (χ3v) is 10.8. The molecule has 4 fully saturated rings. The number of fused-ring (bicyclic) bond motifs is 5. The monoisotopic (exact) mass is 437 g/mol. The summed E-state index contributed by atoms with van der Waals surface area (Å²) in [5.74, 6) is 4.90. The maximum Gasteiger partial charge on any atom is 0.253 e. The van der Waals surface area contributed by atoms with Gasteiger partial charge in [-0.15, -0.1) is 0 Å². The third-order valence-electron chi connectivity index (χ3n) is 10.8. The number of benzene rings is 1. The molecule has 4 saturated carbocycles. The highest BCUT2D eigenvalue weighted by Gasteiger charge is 2.58. The van der Waals surface area contributed by atoms with Crippen LogP contribution in [0.15, 0.2) is 30.3 Å². The van der Waals surface area contributed by atoms with Crippen molar-refractivity contribution in [3.8, 4) is 0 Å². The first-order valence-electron chi connectivity index (χ1n) is 13.3. The van der Waals surface area contributed by atoms with Crippen LogP contribution in [0.2, 0.25) is 0 Å². The van der Waals surface area contributed by atoms with E-state index in [1.807, 2.05) is 42.3 Å². The molecular weight excluding hydrogens is 394 g/mol. The molecule has 1 N–H and O–H groups in total. The van der Waals surface area contributed by atoms with Crippen molar-refractivity contribution in [2.24, 2.45) is 40.9 Å². The lowest BCUT2D eigenvalue weighted by Crippen LogP contribution is -2.52. The van der Waals surface area contributed by atoms with Gasteiger partial charge in [0.1, 0.15) is 0 Å². The van der Waals surface area contributed by atoms with E-state index in [0.717, 1.165) is 48.0 Å². The molecule has 1 aromatic carbocycles. The summed E-state index contributed by atoms with van der Waals surface area (Å²) < 4.78 is 0. The van der Waals surface area contributed by atoms with Crippen LogP contribution in [0.1, 0.15) is 88.9 Å². The zero-order valence-electron chi connectivity index (χ0n) is 20.6. The van der Waals surface area contributed by atoms with E-state index in [1.54, 1.807) is 0 Å². The van der Waals surface area contributed by atoms with Gasteiger partial charge in [-0.2, -0.15) is 0 Å². The molecule has 0 radical (unpaired) electrons. The standard InChI is InChI=1S/C29H43NO2/c1-19(30(4)27(31)20-8-6-5-7-9-20)25-12-13-26-24-11-10-21-18-28(2,32)16-14-22(21)23(24)15-17-29(25,26)3/h5-9,19,21-26,32H,10-18H2,1-4H3/t19-,21-,22+,23-,24-,25-,26+,28-,29-/m1/s1. The van der Waals surface area contributed by atoms with E-state index in [0.29, 0.717) is 11.3 Å². The second-order valence-electron chi connectivity index (χ2n) is 12.4. The van der Waals surface area contributed by atoms with E-state index in [1.165, 1.54) is 44.9 Å². The molecule has 0 heterocycles. The summed E-state index contributed by atoms with van der Waals surface area (Å²) in [7, 11) is 2.02. The van der Waals surface area contributed by atoms with Crippen LogP contribution in [0.5, 0.6) is 0 Å². The Morgan fingerprint density at radius 3 is 2.44 bits per heavy atom. The summed E-state index contributed by atoms with van der Waals surface area (Å²) in [5, 5.41) is 10.6. The van der Waals surface area contributed by atoms with Gasteiger partial charge in [-0.1, -0.05) is 25.1 Å². The van der Waals surface area contributed by atoms with E-state index in [9.17, 15) is 9.90 Å². The number of carbonyl (C=O) groups excluding carboxylic acids is 1. The Bertz CT molecular complexity index is 835. The molecule has 5 rings (SSSR count). The number of amides is 1. The molecular formula is C29H43NO2. The van der Waals surface area contributed by atoms with E-state index < -0.39 is 5.60 Å². The zero-order valence-corrected chi connectivity index (χ0v) is 20.6. The Labute approximate surface area is 195 Å². The molecule has 1 aromatic rings. The Morgan fingerprint density at radius 1 is 0.969 bits per heavy atom. The number of nitrogens with zero attached hydrogens (tertiary/aromatic N) is 1. The minimum atomic E-state index is -0.430. The van der Waals surface area contributed by atoms with Gasteiger partial charge >= 0.3 is 0 Å². The Morgan fingerprint density at radius 2 is 1.69 bits per heavy atom. The molecule has 0 aromatic heterocycles. The smallest absolute Gasteiger partial charge is 0.253 e. The molecule has 1 amide bonds. The van der Waals surface area contributed by atoms with Crippen molar-refractivity contribution < 1.29 is 9.90 Å². The molecule has 0 aliphatic heterocycles. The van der Waals surface area contributed by atoms with Crippen LogP contribution in [-0.2, 0) is 0 Å². The van der Waals surface area contributed by atoms with Crippen molar-refractivity contribution in [2.75, 3.05) is 7.05 Å². The third kappa shape index (κ3) is 3.63.